The Morgan fingerprint density at radius 2 is 2.21 bits per heavy atom. The van der Waals surface area contributed by atoms with Crippen LogP contribution >= 0.6 is 0 Å². The van der Waals surface area contributed by atoms with Crippen molar-refractivity contribution in [3.05, 3.63) is 0 Å². The summed E-state index contributed by atoms with van der Waals surface area (Å²) in [5, 5.41) is 8.83. The summed E-state index contributed by atoms with van der Waals surface area (Å²) >= 11 is 0. The number of rotatable bonds is 6. The van der Waals surface area contributed by atoms with Crippen LogP contribution < -0.4 is 0 Å². The number of nitrogens with zero attached hydrogens (tertiary/aromatic N) is 2. The number of carbonyl (C=O) groups excluding carboxylic acids is 1. The van der Waals surface area contributed by atoms with Gasteiger partial charge >= 0.3 is 12.0 Å². The maximum atomic E-state index is 12.3. The minimum Gasteiger partial charge on any atom is -0.481 e. The number of likely N-dealkylation sites (tertiary alicyclic amines) is 1. The van der Waals surface area contributed by atoms with Crippen LogP contribution in [0.15, 0.2) is 0 Å². The number of hydrogen-bond donors (Lipinski definition) is 1. The third-order valence-electron chi connectivity index (χ3n) is 3.47. The molecule has 1 atom stereocenters. The van der Waals surface area contributed by atoms with E-state index >= 15 is 0 Å². The van der Waals surface area contributed by atoms with E-state index in [4.69, 9.17) is 9.84 Å². The highest BCUT2D eigenvalue weighted by molar-refractivity contribution is 5.74. The zero-order valence-electron chi connectivity index (χ0n) is 11.8. The first-order chi connectivity index (χ1) is 9.08. The van der Waals surface area contributed by atoms with Crippen molar-refractivity contribution >= 4 is 12.0 Å². The Kier molecular flexibility index (Phi) is 6.62. The Morgan fingerprint density at radius 1 is 1.47 bits per heavy atom. The first-order valence-electron chi connectivity index (χ1n) is 6.83. The van der Waals surface area contributed by atoms with Crippen LogP contribution in [0.4, 0.5) is 4.79 Å². The average Bonchev–Trinajstić information content (AvgIpc) is 2.39. The molecule has 6 heteroatoms. The van der Waals surface area contributed by atoms with E-state index in [1.807, 2.05) is 6.92 Å². The minimum absolute atomic E-state index is 0.00496. The summed E-state index contributed by atoms with van der Waals surface area (Å²) in [6.45, 7) is 4.94. The van der Waals surface area contributed by atoms with Crippen LogP contribution in [0, 0.1) is 5.92 Å². The van der Waals surface area contributed by atoms with Crippen LogP contribution in [-0.2, 0) is 9.53 Å². The van der Waals surface area contributed by atoms with E-state index in [1.54, 1.807) is 16.9 Å². The normalized spacial score (nSPS) is 19.3. The van der Waals surface area contributed by atoms with Gasteiger partial charge in [0.15, 0.2) is 0 Å². The van der Waals surface area contributed by atoms with Gasteiger partial charge < -0.3 is 19.6 Å². The van der Waals surface area contributed by atoms with Crippen molar-refractivity contribution in [1.29, 1.82) is 0 Å². The van der Waals surface area contributed by atoms with Crippen LogP contribution in [-0.4, -0.2) is 66.8 Å². The minimum atomic E-state index is -0.786. The standard InChI is InChI=1S/C13H24N2O4/c1-3-14(7-8-19-2)13(18)15-6-4-5-11(10-15)9-12(16)17/h11H,3-10H2,1-2H3,(H,16,17). The molecule has 0 spiro atoms. The number of likely N-dealkylation sites (N-methyl/N-ethyl adjacent to an activating group) is 1. The summed E-state index contributed by atoms with van der Waals surface area (Å²) < 4.78 is 5.00. The number of carboxylic acids is 1. The van der Waals surface area contributed by atoms with Gasteiger partial charge in [0.25, 0.3) is 0 Å². The fraction of sp³-hybridized carbons (Fsp3) is 0.846. The second-order valence-electron chi connectivity index (χ2n) is 4.91. The molecule has 110 valence electrons. The van der Waals surface area contributed by atoms with Gasteiger partial charge in [0, 0.05) is 39.7 Å². The molecule has 0 aromatic carbocycles. The first-order valence-corrected chi connectivity index (χ1v) is 6.83. The Hall–Kier alpha value is -1.30. The fourth-order valence-corrected chi connectivity index (χ4v) is 2.44. The molecule has 1 aliphatic rings. The number of methoxy groups -OCH3 is 1. The molecule has 1 aliphatic heterocycles. The Morgan fingerprint density at radius 3 is 2.79 bits per heavy atom. The van der Waals surface area contributed by atoms with Gasteiger partial charge in [0.05, 0.1) is 6.61 Å². The van der Waals surface area contributed by atoms with E-state index in [0.717, 1.165) is 19.4 Å². The Balaban J connectivity index is 2.52. The van der Waals surface area contributed by atoms with E-state index < -0.39 is 5.97 Å². The highest BCUT2D eigenvalue weighted by atomic mass is 16.5. The van der Waals surface area contributed by atoms with E-state index in [-0.39, 0.29) is 18.4 Å². The molecule has 0 saturated carbocycles. The number of amides is 2. The number of ether oxygens (including phenoxy) is 1. The third-order valence-corrected chi connectivity index (χ3v) is 3.47. The molecule has 1 fully saturated rings. The van der Waals surface area contributed by atoms with E-state index in [0.29, 0.717) is 26.2 Å². The van der Waals surface area contributed by atoms with Gasteiger partial charge in [-0.3, -0.25) is 4.79 Å². The summed E-state index contributed by atoms with van der Waals surface area (Å²) in [5.41, 5.74) is 0. The van der Waals surface area contributed by atoms with Crippen molar-refractivity contribution in [2.24, 2.45) is 5.92 Å². The van der Waals surface area contributed by atoms with Gasteiger partial charge in [-0.15, -0.1) is 0 Å². The van der Waals surface area contributed by atoms with Crippen molar-refractivity contribution in [2.75, 3.05) is 39.9 Å². The molecule has 0 radical (unpaired) electrons. The highest BCUT2D eigenvalue weighted by Crippen LogP contribution is 2.20. The fourth-order valence-electron chi connectivity index (χ4n) is 2.44. The van der Waals surface area contributed by atoms with Crippen molar-refractivity contribution in [3.63, 3.8) is 0 Å². The predicted molar refractivity (Wildman–Crippen MR) is 71.1 cm³/mol. The monoisotopic (exact) mass is 272 g/mol. The van der Waals surface area contributed by atoms with Crippen molar-refractivity contribution in [3.8, 4) is 0 Å². The molecule has 2 amide bonds. The number of aliphatic carboxylic acids is 1. The van der Waals surface area contributed by atoms with E-state index in [1.165, 1.54) is 0 Å². The second kappa shape index (κ2) is 7.99. The summed E-state index contributed by atoms with van der Waals surface area (Å²) in [4.78, 5) is 26.6. The number of hydrogen-bond acceptors (Lipinski definition) is 3. The van der Waals surface area contributed by atoms with Gasteiger partial charge in [0.2, 0.25) is 0 Å². The van der Waals surface area contributed by atoms with Gasteiger partial charge in [-0.1, -0.05) is 0 Å². The van der Waals surface area contributed by atoms with Crippen LogP contribution in [0.1, 0.15) is 26.2 Å². The zero-order valence-corrected chi connectivity index (χ0v) is 11.8. The quantitative estimate of drug-likeness (QED) is 0.790. The van der Waals surface area contributed by atoms with Crippen LogP contribution in [0.2, 0.25) is 0 Å². The molecule has 1 rings (SSSR count). The number of carbonyl (C=O) groups is 2. The molecule has 19 heavy (non-hydrogen) atoms. The molecule has 0 aromatic heterocycles. The molecule has 0 aromatic rings. The highest BCUT2D eigenvalue weighted by Gasteiger charge is 2.27. The summed E-state index contributed by atoms with van der Waals surface area (Å²) in [5.74, 6) is -0.706. The smallest absolute Gasteiger partial charge is 0.320 e. The molecule has 6 nitrogen and oxygen atoms in total. The van der Waals surface area contributed by atoms with Crippen LogP contribution in [0.25, 0.3) is 0 Å². The Labute approximate surface area is 114 Å². The zero-order chi connectivity index (χ0) is 14.3. The van der Waals surface area contributed by atoms with Crippen LogP contribution in [0.5, 0.6) is 0 Å². The summed E-state index contributed by atoms with van der Waals surface area (Å²) in [7, 11) is 1.61. The van der Waals surface area contributed by atoms with Crippen molar-refractivity contribution < 1.29 is 19.4 Å². The van der Waals surface area contributed by atoms with Crippen molar-refractivity contribution in [1.82, 2.24) is 9.80 Å². The van der Waals surface area contributed by atoms with E-state index in [2.05, 4.69) is 0 Å². The molecule has 1 saturated heterocycles. The number of piperidine rings is 1. The molecular weight excluding hydrogens is 248 g/mol. The predicted octanol–water partition coefficient (Wildman–Crippen LogP) is 1.26. The SMILES string of the molecule is CCN(CCOC)C(=O)N1CCCC(CC(=O)O)C1. The Bertz CT molecular complexity index is 309. The van der Waals surface area contributed by atoms with Gasteiger partial charge in [-0.05, 0) is 25.7 Å². The maximum absolute atomic E-state index is 12.3. The summed E-state index contributed by atoms with van der Waals surface area (Å²) in [6, 6.07) is -0.00496. The number of carboxylic acid groups (broad SMARTS) is 1. The lowest BCUT2D eigenvalue weighted by atomic mass is 9.95. The second-order valence-corrected chi connectivity index (χ2v) is 4.91. The lowest BCUT2D eigenvalue weighted by molar-refractivity contribution is -0.138. The van der Waals surface area contributed by atoms with Gasteiger partial charge in [-0.25, -0.2) is 4.79 Å². The molecule has 1 N–H and O–H groups in total. The maximum Gasteiger partial charge on any atom is 0.320 e. The first kappa shape index (κ1) is 15.8. The van der Waals surface area contributed by atoms with Crippen LogP contribution in [0.3, 0.4) is 0 Å². The van der Waals surface area contributed by atoms with Gasteiger partial charge in [0.1, 0.15) is 0 Å². The van der Waals surface area contributed by atoms with Gasteiger partial charge in [-0.2, -0.15) is 0 Å². The summed E-state index contributed by atoms with van der Waals surface area (Å²) in [6.07, 6.45) is 1.92. The average molecular weight is 272 g/mol. The molecule has 0 bridgehead atoms. The van der Waals surface area contributed by atoms with E-state index in [9.17, 15) is 9.59 Å². The van der Waals surface area contributed by atoms with Crippen molar-refractivity contribution in [2.45, 2.75) is 26.2 Å². The number of urea groups is 1. The molecular formula is C13H24N2O4. The largest absolute Gasteiger partial charge is 0.481 e. The topological polar surface area (TPSA) is 70.1 Å². The molecule has 0 aliphatic carbocycles. The lowest BCUT2D eigenvalue weighted by Crippen LogP contribution is -2.48. The third kappa shape index (κ3) is 5.06. The lowest BCUT2D eigenvalue weighted by Gasteiger charge is -2.35. The molecule has 1 unspecified atom stereocenters. The molecule has 1 heterocycles.